The van der Waals surface area contributed by atoms with Crippen molar-refractivity contribution in [2.75, 3.05) is 19.7 Å². The van der Waals surface area contributed by atoms with Crippen LogP contribution in [-0.2, 0) is 25.9 Å². The molecular weight excluding hydrogens is 430 g/mol. The van der Waals surface area contributed by atoms with Gasteiger partial charge in [-0.25, -0.2) is 13.2 Å². The molecule has 2 atom stereocenters. The summed E-state index contributed by atoms with van der Waals surface area (Å²) in [6.45, 7) is 5.79. The normalized spacial score (nSPS) is 19.5. The van der Waals surface area contributed by atoms with Crippen molar-refractivity contribution in [3.63, 3.8) is 0 Å². The van der Waals surface area contributed by atoms with E-state index in [0.29, 0.717) is 5.56 Å². The summed E-state index contributed by atoms with van der Waals surface area (Å²) < 4.78 is 38.2. The van der Waals surface area contributed by atoms with Crippen molar-refractivity contribution in [1.82, 2.24) is 4.31 Å². The summed E-state index contributed by atoms with van der Waals surface area (Å²) in [4.78, 5) is 24.8. The van der Waals surface area contributed by atoms with Crippen molar-refractivity contribution in [3.8, 4) is 0 Å². The molecule has 2 aromatic carbocycles. The zero-order chi connectivity index (χ0) is 23.3. The Morgan fingerprint density at radius 1 is 1.03 bits per heavy atom. The monoisotopic (exact) mass is 459 g/mol. The van der Waals surface area contributed by atoms with E-state index < -0.39 is 22.6 Å². The van der Waals surface area contributed by atoms with Crippen LogP contribution in [0.2, 0.25) is 0 Å². The van der Waals surface area contributed by atoms with E-state index in [1.54, 1.807) is 12.1 Å². The van der Waals surface area contributed by atoms with Gasteiger partial charge in [-0.1, -0.05) is 43.7 Å². The largest absolute Gasteiger partial charge is 0.454 e. The first kappa shape index (κ1) is 24.1. The highest BCUT2D eigenvalue weighted by Crippen LogP contribution is 2.22. The molecule has 1 saturated heterocycles. The molecule has 8 heteroatoms. The zero-order valence-corrected chi connectivity index (χ0v) is 19.4. The Morgan fingerprint density at radius 3 is 2.31 bits per heavy atom. The number of esters is 1. The highest BCUT2D eigenvalue weighted by atomic mass is 32.2. The van der Waals surface area contributed by atoms with Crippen molar-refractivity contribution in [2.45, 2.75) is 50.7 Å². The molecule has 1 aliphatic rings. The number of ketones is 1. The minimum absolute atomic E-state index is 0.00564. The third kappa shape index (κ3) is 5.82. The Kier molecular flexibility index (Phi) is 7.82. The average Bonchev–Trinajstić information content (AvgIpc) is 2.77. The van der Waals surface area contributed by atoms with Gasteiger partial charge in [-0.15, -0.1) is 0 Å². The molecule has 0 radical (unpaired) electrons. The minimum atomic E-state index is -3.79. The third-order valence-electron chi connectivity index (χ3n) is 5.24. The molecule has 0 N–H and O–H groups in total. The second kappa shape index (κ2) is 10.4. The second-order valence-corrected chi connectivity index (χ2v) is 9.99. The van der Waals surface area contributed by atoms with E-state index in [1.807, 2.05) is 26.0 Å². The Hall–Kier alpha value is -2.55. The number of hydrogen-bond acceptors (Lipinski definition) is 6. The van der Waals surface area contributed by atoms with Gasteiger partial charge in [0.1, 0.15) is 0 Å². The topological polar surface area (TPSA) is 90.0 Å². The van der Waals surface area contributed by atoms with Crippen LogP contribution in [0.1, 0.15) is 53.5 Å². The number of sulfonamides is 1. The first-order chi connectivity index (χ1) is 15.2. The highest BCUT2D eigenvalue weighted by molar-refractivity contribution is 7.89. The Labute approximate surface area is 189 Å². The van der Waals surface area contributed by atoms with Gasteiger partial charge in [-0.2, -0.15) is 4.31 Å². The molecule has 3 rings (SSSR count). The van der Waals surface area contributed by atoms with Gasteiger partial charge in [0.05, 0.1) is 22.7 Å². The average molecular weight is 460 g/mol. The van der Waals surface area contributed by atoms with Crippen LogP contribution < -0.4 is 0 Å². The molecule has 7 nitrogen and oxygen atoms in total. The summed E-state index contributed by atoms with van der Waals surface area (Å²) >= 11 is 0. The molecule has 1 heterocycles. The van der Waals surface area contributed by atoms with Crippen LogP contribution in [0.15, 0.2) is 53.4 Å². The van der Waals surface area contributed by atoms with Crippen LogP contribution in [0.5, 0.6) is 0 Å². The van der Waals surface area contributed by atoms with E-state index >= 15 is 0 Å². The lowest BCUT2D eigenvalue weighted by molar-refractivity contribution is -0.0440. The molecule has 2 unspecified atom stereocenters. The number of rotatable bonds is 8. The summed E-state index contributed by atoms with van der Waals surface area (Å²) in [5.74, 6) is -1.07. The molecule has 0 spiro atoms. The van der Waals surface area contributed by atoms with Crippen molar-refractivity contribution in [1.29, 1.82) is 0 Å². The number of morpholine rings is 1. The lowest BCUT2D eigenvalue weighted by atomic mass is 10.1. The van der Waals surface area contributed by atoms with E-state index in [2.05, 4.69) is 6.92 Å². The van der Waals surface area contributed by atoms with Gasteiger partial charge in [-0.05, 0) is 44.0 Å². The van der Waals surface area contributed by atoms with E-state index in [-0.39, 0.29) is 41.5 Å². The van der Waals surface area contributed by atoms with Gasteiger partial charge in [-0.3, -0.25) is 4.79 Å². The molecule has 0 aromatic heterocycles. The third-order valence-corrected chi connectivity index (χ3v) is 7.07. The first-order valence-corrected chi connectivity index (χ1v) is 12.2. The Balaban J connectivity index is 1.66. The fourth-order valence-corrected chi connectivity index (χ4v) is 5.34. The van der Waals surface area contributed by atoms with Gasteiger partial charge in [0.15, 0.2) is 12.4 Å². The van der Waals surface area contributed by atoms with E-state index in [0.717, 1.165) is 18.4 Å². The maximum atomic E-state index is 13.0. The number of carbonyl (C=O) groups is 2. The summed E-state index contributed by atoms with van der Waals surface area (Å²) in [5.41, 5.74) is 1.68. The van der Waals surface area contributed by atoms with Crippen molar-refractivity contribution in [3.05, 3.63) is 65.2 Å². The molecular formula is C24H29NO6S. The van der Waals surface area contributed by atoms with Crippen molar-refractivity contribution >= 4 is 21.8 Å². The molecule has 1 fully saturated rings. The number of nitrogens with zero attached hydrogens (tertiary/aromatic N) is 1. The second-order valence-electron chi connectivity index (χ2n) is 8.05. The number of aryl methyl sites for hydroxylation is 1. The number of carbonyl (C=O) groups excluding carboxylic acids is 2. The van der Waals surface area contributed by atoms with Crippen LogP contribution in [0.25, 0.3) is 0 Å². The highest BCUT2D eigenvalue weighted by Gasteiger charge is 2.32. The minimum Gasteiger partial charge on any atom is -0.454 e. The Morgan fingerprint density at radius 2 is 1.69 bits per heavy atom. The van der Waals surface area contributed by atoms with Gasteiger partial charge in [0.2, 0.25) is 10.0 Å². The molecule has 1 aliphatic heterocycles. The molecule has 0 amide bonds. The van der Waals surface area contributed by atoms with Crippen LogP contribution in [0.4, 0.5) is 0 Å². The number of hydrogen-bond donors (Lipinski definition) is 0. The predicted octanol–water partition coefficient (Wildman–Crippen LogP) is 3.48. The SMILES string of the molecule is CCCc1ccc(C(=O)COC(=O)c2cccc(S(=O)(=O)N3CC(C)OC(C)C3)c2)cc1. The fraction of sp³-hybridized carbons (Fsp3) is 0.417. The standard InChI is InChI=1S/C24H29NO6S/c1-4-6-19-9-11-20(12-10-19)23(26)16-30-24(27)21-7-5-8-22(13-21)32(28,29)25-14-17(2)31-18(3)15-25/h5,7-13,17-18H,4,6,14-16H2,1-3H3. The molecule has 0 aliphatic carbocycles. The first-order valence-electron chi connectivity index (χ1n) is 10.8. The van der Waals surface area contributed by atoms with E-state index in [4.69, 9.17) is 9.47 Å². The Bertz CT molecular complexity index is 1050. The number of benzene rings is 2. The van der Waals surface area contributed by atoms with Gasteiger partial charge >= 0.3 is 5.97 Å². The lowest BCUT2D eigenvalue weighted by Crippen LogP contribution is -2.48. The number of ether oxygens (including phenoxy) is 2. The van der Waals surface area contributed by atoms with Crippen LogP contribution in [-0.4, -0.2) is 56.4 Å². The predicted molar refractivity (Wildman–Crippen MR) is 120 cm³/mol. The van der Waals surface area contributed by atoms with Crippen molar-refractivity contribution < 1.29 is 27.5 Å². The van der Waals surface area contributed by atoms with E-state index in [9.17, 15) is 18.0 Å². The van der Waals surface area contributed by atoms with Crippen LogP contribution in [0, 0.1) is 0 Å². The van der Waals surface area contributed by atoms with E-state index in [1.165, 1.54) is 28.6 Å². The van der Waals surface area contributed by atoms with Crippen LogP contribution >= 0.6 is 0 Å². The van der Waals surface area contributed by atoms with Gasteiger partial charge in [0, 0.05) is 18.7 Å². The maximum Gasteiger partial charge on any atom is 0.338 e. The van der Waals surface area contributed by atoms with Crippen molar-refractivity contribution in [2.24, 2.45) is 0 Å². The molecule has 0 saturated carbocycles. The lowest BCUT2D eigenvalue weighted by Gasteiger charge is -2.34. The summed E-state index contributed by atoms with van der Waals surface area (Å²) in [6, 6.07) is 12.9. The maximum absolute atomic E-state index is 13.0. The smallest absolute Gasteiger partial charge is 0.338 e. The summed E-state index contributed by atoms with van der Waals surface area (Å²) in [7, 11) is -3.79. The molecule has 2 aromatic rings. The number of Topliss-reactive ketones (excluding diaryl/α,β-unsaturated/α-hetero) is 1. The quantitative estimate of drug-likeness (QED) is 0.444. The van der Waals surface area contributed by atoms with Gasteiger partial charge < -0.3 is 9.47 Å². The molecule has 32 heavy (non-hydrogen) atoms. The summed E-state index contributed by atoms with van der Waals surface area (Å²) in [6.07, 6.45) is 1.52. The molecule has 0 bridgehead atoms. The fourth-order valence-electron chi connectivity index (χ4n) is 3.70. The van der Waals surface area contributed by atoms with Crippen LogP contribution in [0.3, 0.4) is 0 Å². The zero-order valence-electron chi connectivity index (χ0n) is 18.6. The van der Waals surface area contributed by atoms with Gasteiger partial charge in [0.25, 0.3) is 0 Å². The molecule has 172 valence electrons. The summed E-state index contributed by atoms with van der Waals surface area (Å²) in [5, 5.41) is 0.